The van der Waals surface area contributed by atoms with Crippen LogP contribution in [0.2, 0.25) is 0 Å². The van der Waals surface area contributed by atoms with Crippen LogP contribution in [0.5, 0.6) is 0 Å². The van der Waals surface area contributed by atoms with Gasteiger partial charge in [-0.05, 0) is 37.5 Å². The molecule has 1 atom stereocenters. The first kappa shape index (κ1) is 18.7. The summed E-state index contributed by atoms with van der Waals surface area (Å²) in [4.78, 5) is 40.5. The number of nitrogens with zero attached hydrogens (tertiary/aromatic N) is 5. The molecule has 2 aliphatic rings. The van der Waals surface area contributed by atoms with E-state index in [9.17, 15) is 9.59 Å². The van der Waals surface area contributed by atoms with Crippen molar-refractivity contribution in [1.29, 1.82) is 0 Å². The molecule has 1 saturated carbocycles. The molecular formula is C22H24N6O2. The van der Waals surface area contributed by atoms with Gasteiger partial charge in [-0.15, -0.1) is 0 Å². The third-order valence-electron chi connectivity index (χ3n) is 5.81. The Kier molecular flexibility index (Phi) is 4.90. The van der Waals surface area contributed by atoms with Gasteiger partial charge < -0.3 is 10.2 Å². The maximum absolute atomic E-state index is 12.5. The zero-order chi connectivity index (χ0) is 20.5. The first-order valence-electron chi connectivity index (χ1n) is 10.5. The topological polar surface area (TPSA) is 93.0 Å². The number of hydrogen-bond donors (Lipinski definition) is 1. The fourth-order valence-electron chi connectivity index (χ4n) is 3.97. The van der Waals surface area contributed by atoms with Crippen LogP contribution in [0.1, 0.15) is 37.3 Å². The monoisotopic (exact) mass is 404 g/mol. The maximum atomic E-state index is 12.5. The minimum atomic E-state index is -0.117. The molecule has 3 heterocycles. The van der Waals surface area contributed by atoms with E-state index in [0.29, 0.717) is 29.9 Å². The number of amides is 1. The third-order valence-corrected chi connectivity index (χ3v) is 5.81. The van der Waals surface area contributed by atoms with E-state index in [1.165, 1.54) is 23.7 Å². The molecule has 5 rings (SSSR count). The van der Waals surface area contributed by atoms with Crippen molar-refractivity contribution in [2.24, 2.45) is 0 Å². The van der Waals surface area contributed by atoms with Gasteiger partial charge >= 0.3 is 0 Å². The highest BCUT2D eigenvalue weighted by atomic mass is 16.2. The maximum Gasteiger partial charge on any atom is 0.261 e. The van der Waals surface area contributed by atoms with Crippen molar-refractivity contribution in [1.82, 2.24) is 24.8 Å². The lowest BCUT2D eigenvalue weighted by molar-refractivity contribution is -0.121. The number of benzene rings is 1. The van der Waals surface area contributed by atoms with E-state index in [4.69, 9.17) is 4.98 Å². The SMILES string of the molecule is O=C(CCn1cnc2ccccc2c1=O)NC1CCN(c2nccc(C3CC3)n2)C1. The number of carbonyl (C=O) groups is 1. The van der Waals surface area contributed by atoms with Crippen LogP contribution < -0.4 is 15.8 Å². The number of rotatable bonds is 6. The van der Waals surface area contributed by atoms with E-state index in [2.05, 4.69) is 20.2 Å². The van der Waals surface area contributed by atoms with Crippen LogP contribution >= 0.6 is 0 Å². The molecule has 1 N–H and O–H groups in total. The summed E-state index contributed by atoms with van der Waals surface area (Å²) in [6, 6.07) is 9.30. The Labute approximate surface area is 174 Å². The molecule has 30 heavy (non-hydrogen) atoms. The molecule has 1 aromatic carbocycles. The molecule has 2 fully saturated rings. The smallest absolute Gasteiger partial charge is 0.261 e. The summed E-state index contributed by atoms with van der Waals surface area (Å²) in [5.41, 5.74) is 1.68. The molecule has 0 bridgehead atoms. The Morgan fingerprint density at radius 3 is 2.87 bits per heavy atom. The molecule has 3 aromatic rings. The summed E-state index contributed by atoms with van der Waals surface area (Å²) in [7, 11) is 0. The molecule has 1 unspecified atom stereocenters. The van der Waals surface area contributed by atoms with Gasteiger partial charge in [-0.3, -0.25) is 14.2 Å². The minimum absolute atomic E-state index is 0.0606. The highest BCUT2D eigenvalue weighted by Gasteiger charge is 2.28. The molecule has 1 amide bonds. The van der Waals surface area contributed by atoms with E-state index >= 15 is 0 Å². The Bertz CT molecular complexity index is 1140. The van der Waals surface area contributed by atoms with E-state index in [1.54, 1.807) is 6.07 Å². The fourth-order valence-corrected chi connectivity index (χ4v) is 3.97. The number of para-hydroxylation sites is 1. The highest BCUT2D eigenvalue weighted by molar-refractivity contribution is 5.77. The predicted molar refractivity (Wildman–Crippen MR) is 113 cm³/mol. The second kappa shape index (κ2) is 7.85. The molecule has 154 valence electrons. The number of carbonyl (C=O) groups excluding carboxylic acids is 1. The number of hydrogen-bond acceptors (Lipinski definition) is 6. The van der Waals surface area contributed by atoms with E-state index < -0.39 is 0 Å². The average molecular weight is 404 g/mol. The van der Waals surface area contributed by atoms with Gasteiger partial charge in [0.15, 0.2) is 0 Å². The molecule has 2 aromatic heterocycles. The van der Waals surface area contributed by atoms with Gasteiger partial charge in [-0.25, -0.2) is 15.0 Å². The quantitative estimate of drug-likeness (QED) is 0.674. The number of aromatic nitrogens is 4. The van der Waals surface area contributed by atoms with Crippen LogP contribution in [-0.4, -0.2) is 44.6 Å². The Hall–Kier alpha value is -3.29. The lowest BCUT2D eigenvalue weighted by atomic mass is 10.2. The van der Waals surface area contributed by atoms with Gasteiger partial charge in [-0.2, -0.15) is 0 Å². The summed E-state index contributed by atoms with van der Waals surface area (Å²) in [5.74, 6) is 1.29. The lowest BCUT2D eigenvalue weighted by Crippen LogP contribution is -2.38. The lowest BCUT2D eigenvalue weighted by Gasteiger charge is -2.17. The van der Waals surface area contributed by atoms with Crippen molar-refractivity contribution in [3.63, 3.8) is 0 Å². The van der Waals surface area contributed by atoms with Crippen molar-refractivity contribution >= 4 is 22.8 Å². The fraction of sp³-hybridized carbons (Fsp3) is 0.409. The number of anilines is 1. The highest BCUT2D eigenvalue weighted by Crippen LogP contribution is 2.39. The van der Waals surface area contributed by atoms with Crippen molar-refractivity contribution in [2.45, 2.75) is 44.2 Å². The summed E-state index contributed by atoms with van der Waals surface area (Å²) in [5, 5.41) is 3.65. The molecular weight excluding hydrogens is 380 g/mol. The molecule has 0 radical (unpaired) electrons. The number of nitrogens with one attached hydrogen (secondary N) is 1. The Balaban J connectivity index is 1.16. The van der Waals surface area contributed by atoms with Gasteiger partial charge in [-0.1, -0.05) is 12.1 Å². The summed E-state index contributed by atoms with van der Waals surface area (Å²) < 4.78 is 1.50. The van der Waals surface area contributed by atoms with Crippen molar-refractivity contribution in [3.05, 3.63) is 58.9 Å². The van der Waals surface area contributed by atoms with Crippen LogP contribution in [0.4, 0.5) is 5.95 Å². The van der Waals surface area contributed by atoms with Gasteiger partial charge in [0.2, 0.25) is 11.9 Å². The summed E-state index contributed by atoms with van der Waals surface area (Å²) in [6.45, 7) is 1.84. The van der Waals surface area contributed by atoms with Crippen LogP contribution in [0.3, 0.4) is 0 Å². The zero-order valence-corrected chi connectivity index (χ0v) is 16.7. The standard InChI is InChI=1S/C22H24N6O2/c29-20(9-12-28-14-24-19-4-2-1-3-17(19)21(28)30)25-16-8-11-27(13-16)22-23-10-7-18(26-22)15-5-6-15/h1-4,7,10,14-16H,5-6,8-9,11-13H2,(H,25,29). The third kappa shape index (κ3) is 3.90. The minimum Gasteiger partial charge on any atom is -0.351 e. The second-order valence-electron chi connectivity index (χ2n) is 8.07. The molecule has 1 saturated heterocycles. The normalized spacial score (nSPS) is 18.7. The molecule has 1 aliphatic carbocycles. The second-order valence-corrected chi connectivity index (χ2v) is 8.07. The first-order valence-corrected chi connectivity index (χ1v) is 10.5. The number of fused-ring (bicyclic) bond motifs is 1. The van der Waals surface area contributed by atoms with Gasteiger partial charge in [0.05, 0.1) is 17.2 Å². The van der Waals surface area contributed by atoms with Crippen molar-refractivity contribution in [2.75, 3.05) is 18.0 Å². The number of aryl methyl sites for hydroxylation is 1. The molecule has 8 heteroatoms. The van der Waals surface area contributed by atoms with E-state index in [0.717, 1.165) is 24.6 Å². The Morgan fingerprint density at radius 1 is 1.13 bits per heavy atom. The predicted octanol–water partition coefficient (Wildman–Crippen LogP) is 1.85. The largest absolute Gasteiger partial charge is 0.351 e. The van der Waals surface area contributed by atoms with E-state index in [-0.39, 0.29) is 23.9 Å². The van der Waals surface area contributed by atoms with Crippen molar-refractivity contribution in [3.8, 4) is 0 Å². The molecule has 8 nitrogen and oxygen atoms in total. The Morgan fingerprint density at radius 2 is 2.00 bits per heavy atom. The molecule has 1 aliphatic heterocycles. The van der Waals surface area contributed by atoms with Crippen LogP contribution in [0.25, 0.3) is 10.9 Å². The zero-order valence-electron chi connectivity index (χ0n) is 16.7. The molecule has 0 spiro atoms. The first-order chi connectivity index (χ1) is 14.7. The van der Waals surface area contributed by atoms with Crippen LogP contribution in [-0.2, 0) is 11.3 Å². The van der Waals surface area contributed by atoms with E-state index in [1.807, 2.05) is 30.5 Å². The van der Waals surface area contributed by atoms with Gasteiger partial charge in [0, 0.05) is 49.9 Å². The average Bonchev–Trinajstić information content (AvgIpc) is 3.53. The summed E-state index contributed by atoms with van der Waals surface area (Å²) in [6.07, 6.45) is 6.87. The van der Waals surface area contributed by atoms with Crippen molar-refractivity contribution < 1.29 is 4.79 Å². The van der Waals surface area contributed by atoms with Gasteiger partial charge in [0.1, 0.15) is 0 Å². The van der Waals surface area contributed by atoms with Gasteiger partial charge in [0.25, 0.3) is 5.56 Å². The van der Waals surface area contributed by atoms with Crippen LogP contribution in [0, 0.1) is 0 Å². The summed E-state index contributed by atoms with van der Waals surface area (Å²) >= 11 is 0. The van der Waals surface area contributed by atoms with Crippen LogP contribution in [0.15, 0.2) is 47.7 Å².